The summed E-state index contributed by atoms with van der Waals surface area (Å²) in [6, 6.07) is -0.835. The third kappa shape index (κ3) is 1.65. The van der Waals surface area contributed by atoms with Crippen molar-refractivity contribution in [3.8, 4) is 0 Å². The van der Waals surface area contributed by atoms with Gasteiger partial charge in [0.25, 0.3) is 0 Å². The fourth-order valence-corrected chi connectivity index (χ4v) is 2.05. The maximum Gasteiger partial charge on any atom is 0.320 e. The number of ketones is 1. The number of nitrogens with two attached hydrogens (primary N) is 1. The molecule has 5 heteroatoms. The molecular formula is C9H13NO4. The van der Waals surface area contributed by atoms with E-state index in [0.29, 0.717) is 19.3 Å². The Bertz CT molecular complexity index is 278. The largest absolute Gasteiger partial charge is 0.480 e. The van der Waals surface area contributed by atoms with Gasteiger partial charge in [-0.2, -0.15) is 0 Å². The first-order valence-electron chi connectivity index (χ1n) is 4.76. The first-order chi connectivity index (χ1) is 6.59. The van der Waals surface area contributed by atoms with Crippen LogP contribution in [-0.2, 0) is 14.3 Å². The number of fused-ring (bicyclic) bond motifs is 1. The van der Waals surface area contributed by atoms with Crippen molar-refractivity contribution in [2.24, 2.45) is 11.7 Å². The van der Waals surface area contributed by atoms with E-state index in [1.165, 1.54) is 0 Å². The number of carbonyl (C=O) groups excluding carboxylic acids is 1. The number of epoxide rings is 1. The third-order valence-electron chi connectivity index (χ3n) is 2.94. The van der Waals surface area contributed by atoms with Crippen LogP contribution >= 0.6 is 0 Å². The molecule has 14 heavy (non-hydrogen) atoms. The minimum atomic E-state index is -0.987. The summed E-state index contributed by atoms with van der Waals surface area (Å²) in [7, 11) is 0. The molecule has 1 saturated carbocycles. The second-order valence-corrected chi connectivity index (χ2v) is 3.97. The van der Waals surface area contributed by atoms with Crippen molar-refractivity contribution in [1.82, 2.24) is 0 Å². The lowest BCUT2D eigenvalue weighted by molar-refractivity contribution is -0.139. The lowest BCUT2D eigenvalue weighted by Crippen LogP contribution is -2.35. The molecule has 0 bridgehead atoms. The highest BCUT2D eigenvalue weighted by molar-refractivity contribution is 5.87. The second-order valence-electron chi connectivity index (χ2n) is 3.97. The Morgan fingerprint density at radius 1 is 1.71 bits per heavy atom. The fraction of sp³-hybridized carbons (Fsp3) is 0.778. The van der Waals surface area contributed by atoms with E-state index in [1.54, 1.807) is 0 Å². The Labute approximate surface area is 81.2 Å². The van der Waals surface area contributed by atoms with Gasteiger partial charge >= 0.3 is 5.97 Å². The van der Waals surface area contributed by atoms with Crippen LogP contribution in [0.4, 0.5) is 0 Å². The lowest BCUT2D eigenvalue weighted by Gasteiger charge is -2.19. The highest BCUT2D eigenvalue weighted by atomic mass is 16.6. The van der Waals surface area contributed by atoms with Gasteiger partial charge in [-0.3, -0.25) is 9.59 Å². The molecule has 0 aromatic heterocycles. The van der Waals surface area contributed by atoms with Gasteiger partial charge in [-0.25, -0.2) is 0 Å². The minimum absolute atomic E-state index is 0.0540. The first-order valence-corrected chi connectivity index (χ1v) is 4.76. The second kappa shape index (κ2) is 3.33. The molecule has 1 aliphatic heterocycles. The van der Waals surface area contributed by atoms with Crippen LogP contribution in [0, 0.1) is 5.92 Å². The smallest absolute Gasteiger partial charge is 0.320 e. The van der Waals surface area contributed by atoms with Gasteiger partial charge in [0, 0.05) is 6.42 Å². The molecule has 78 valence electrons. The number of ether oxygens (including phenoxy) is 1. The molecule has 0 spiro atoms. The summed E-state index contributed by atoms with van der Waals surface area (Å²) in [6.45, 7) is 0. The summed E-state index contributed by atoms with van der Waals surface area (Å²) in [5, 5.41) is 8.63. The van der Waals surface area contributed by atoms with E-state index in [0.717, 1.165) is 0 Å². The zero-order valence-corrected chi connectivity index (χ0v) is 7.68. The number of hydrogen-bond acceptors (Lipinski definition) is 4. The number of carboxylic acid groups (broad SMARTS) is 1. The normalized spacial score (nSPS) is 37.5. The average Bonchev–Trinajstić information content (AvgIpc) is 2.89. The number of Topliss-reactive ketones (excluding diaryl/α,β-unsaturated/α-hetero) is 1. The van der Waals surface area contributed by atoms with Gasteiger partial charge < -0.3 is 15.6 Å². The lowest BCUT2D eigenvalue weighted by atomic mass is 9.84. The van der Waals surface area contributed by atoms with Crippen LogP contribution in [0.5, 0.6) is 0 Å². The molecule has 1 saturated heterocycles. The maximum absolute atomic E-state index is 11.1. The Hall–Kier alpha value is -0.940. The van der Waals surface area contributed by atoms with E-state index >= 15 is 0 Å². The van der Waals surface area contributed by atoms with Crippen LogP contribution < -0.4 is 5.73 Å². The Balaban J connectivity index is 1.88. The summed E-state index contributed by atoms with van der Waals surface area (Å²) in [6.07, 6.45) is 1.31. The van der Waals surface area contributed by atoms with Gasteiger partial charge in [0.1, 0.15) is 12.1 Å². The van der Waals surface area contributed by atoms with Crippen molar-refractivity contribution < 1.29 is 19.4 Å². The highest BCUT2D eigenvalue weighted by Crippen LogP contribution is 2.40. The molecule has 0 radical (unpaired) electrons. The molecule has 0 aromatic carbocycles. The Morgan fingerprint density at radius 3 is 3.07 bits per heavy atom. The van der Waals surface area contributed by atoms with Gasteiger partial charge in [-0.15, -0.1) is 0 Å². The molecule has 0 unspecified atom stereocenters. The Morgan fingerprint density at radius 2 is 2.43 bits per heavy atom. The molecular weight excluding hydrogens is 186 g/mol. The maximum atomic E-state index is 11.1. The van der Waals surface area contributed by atoms with Crippen LogP contribution in [-0.4, -0.2) is 35.1 Å². The van der Waals surface area contributed by atoms with E-state index in [9.17, 15) is 9.59 Å². The molecule has 0 amide bonds. The highest BCUT2D eigenvalue weighted by Gasteiger charge is 2.52. The molecule has 1 aliphatic carbocycles. The summed E-state index contributed by atoms with van der Waals surface area (Å²) >= 11 is 0. The molecule has 2 aliphatic rings. The molecule has 2 fully saturated rings. The summed E-state index contributed by atoms with van der Waals surface area (Å²) in [4.78, 5) is 21.7. The van der Waals surface area contributed by atoms with Gasteiger partial charge in [0.15, 0.2) is 5.78 Å². The van der Waals surface area contributed by atoms with Crippen molar-refractivity contribution in [2.45, 2.75) is 37.5 Å². The van der Waals surface area contributed by atoms with Crippen molar-refractivity contribution in [2.75, 3.05) is 0 Å². The monoisotopic (exact) mass is 199 g/mol. The number of carbonyl (C=O) groups is 2. The van der Waals surface area contributed by atoms with Gasteiger partial charge in [-0.05, 0) is 18.8 Å². The zero-order chi connectivity index (χ0) is 10.3. The SMILES string of the molecule is N[C@@H](C[C@@H]1CCC(=O)[C@H]2O[C@@H]12)C(=O)O. The van der Waals surface area contributed by atoms with Crippen molar-refractivity contribution in [3.05, 3.63) is 0 Å². The van der Waals surface area contributed by atoms with Crippen LogP contribution in [0.2, 0.25) is 0 Å². The fourth-order valence-electron chi connectivity index (χ4n) is 2.05. The summed E-state index contributed by atoms with van der Waals surface area (Å²) in [5.41, 5.74) is 5.42. The topological polar surface area (TPSA) is 92.9 Å². The van der Waals surface area contributed by atoms with Gasteiger partial charge in [0.2, 0.25) is 0 Å². The summed E-state index contributed by atoms with van der Waals surface area (Å²) < 4.78 is 5.19. The van der Waals surface area contributed by atoms with Crippen LogP contribution in [0.3, 0.4) is 0 Å². The molecule has 2 rings (SSSR count). The standard InChI is InChI=1S/C9H13NO4/c10-5(9(12)13)3-4-1-2-6(11)8-7(4)14-8/h4-5,7-8H,1-3,10H2,(H,12,13)/t4-,5-,7-,8+/m0/s1. The van der Waals surface area contributed by atoms with E-state index < -0.39 is 12.0 Å². The predicted molar refractivity (Wildman–Crippen MR) is 46.6 cm³/mol. The number of aliphatic carboxylic acids is 1. The first kappa shape index (κ1) is 9.61. The van der Waals surface area contributed by atoms with E-state index in [2.05, 4.69) is 0 Å². The average molecular weight is 199 g/mol. The zero-order valence-electron chi connectivity index (χ0n) is 7.68. The van der Waals surface area contributed by atoms with Gasteiger partial charge in [-0.1, -0.05) is 0 Å². The van der Waals surface area contributed by atoms with Crippen LogP contribution in [0.25, 0.3) is 0 Å². The summed E-state index contributed by atoms with van der Waals surface area (Å²) in [5.74, 6) is -0.696. The molecule has 3 N–H and O–H groups in total. The van der Waals surface area contributed by atoms with E-state index in [-0.39, 0.29) is 23.9 Å². The third-order valence-corrected chi connectivity index (χ3v) is 2.94. The molecule has 4 atom stereocenters. The molecule has 5 nitrogen and oxygen atoms in total. The van der Waals surface area contributed by atoms with E-state index in [4.69, 9.17) is 15.6 Å². The van der Waals surface area contributed by atoms with E-state index in [1.807, 2.05) is 0 Å². The quantitative estimate of drug-likeness (QED) is 0.599. The van der Waals surface area contributed by atoms with Gasteiger partial charge in [0.05, 0.1) is 6.10 Å². The Kier molecular flexibility index (Phi) is 2.28. The van der Waals surface area contributed by atoms with Crippen molar-refractivity contribution in [3.63, 3.8) is 0 Å². The number of carboxylic acids is 1. The van der Waals surface area contributed by atoms with Crippen LogP contribution in [0.15, 0.2) is 0 Å². The predicted octanol–water partition coefficient (Wildman–Crippen LogP) is -0.465. The molecule has 0 aromatic rings. The van der Waals surface area contributed by atoms with Crippen molar-refractivity contribution >= 4 is 11.8 Å². The van der Waals surface area contributed by atoms with Crippen molar-refractivity contribution in [1.29, 1.82) is 0 Å². The van der Waals surface area contributed by atoms with Crippen LogP contribution in [0.1, 0.15) is 19.3 Å². The molecule has 1 heterocycles. The number of rotatable bonds is 3. The minimum Gasteiger partial charge on any atom is -0.480 e. The number of hydrogen-bond donors (Lipinski definition) is 2.